The second kappa shape index (κ2) is 3.11. The smallest absolute Gasteiger partial charge is 0.0502 e. The lowest BCUT2D eigenvalue weighted by atomic mass is 9.49. The number of hydrogen-bond donors (Lipinski definition) is 0. The number of hydrazone groups is 1. The third-order valence-corrected chi connectivity index (χ3v) is 3.95. The van der Waals surface area contributed by atoms with E-state index in [1.165, 1.54) is 18.4 Å². The summed E-state index contributed by atoms with van der Waals surface area (Å²) in [6.07, 6.45) is 7.04. The summed E-state index contributed by atoms with van der Waals surface area (Å²) in [5.74, 6) is 1.67. The van der Waals surface area contributed by atoms with Crippen molar-refractivity contribution in [1.82, 2.24) is 5.01 Å². The van der Waals surface area contributed by atoms with Crippen molar-refractivity contribution in [1.29, 1.82) is 0 Å². The molecule has 2 heteroatoms. The van der Waals surface area contributed by atoms with Gasteiger partial charge in [-0.2, -0.15) is 5.10 Å². The number of allylic oxidation sites excluding steroid dienone is 2. The minimum absolute atomic E-state index is 0.516. The van der Waals surface area contributed by atoms with Crippen molar-refractivity contribution in [2.24, 2.45) is 22.4 Å². The fraction of sp³-hybridized carbons (Fsp3) is 0.750. The lowest BCUT2D eigenvalue weighted by molar-refractivity contribution is -0.00132. The summed E-state index contributed by atoms with van der Waals surface area (Å²) in [7, 11) is 3.93. The quantitative estimate of drug-likeness (QED) is 0.485. The molecule has 3 aliphatic carbocycles. The zero-order chi connectivity index (χ0) is 10.3. The fourth-order valence-corrected chi connectivity index (χ4v) is 2.73. The molecular formula is C12H20N2. The van der Waals surface area contributed by atoms with Gasteiger partial charge in [-0.05, 0) is 35.7 Å². The van der Waals surface area contributed by atoms with E-state index < -0.39 is 0 Å². The molecule has 0 saturated heterocycles. The molecule has 2 bridgehead atoms. The topological polar surface area (TPSA) is 15.6 Å². The van der Waals surface area contributed by atoms with Gasteiger partial charge in [-0.15, -0.1) is 0 Å². The number of hydrogen-bond acceptors (Lipinski definition) is 2. The van der Waals surface area contributed by atoms with E-state index >= 15 is 0 Å². The van der Waals surface area contributed by atoms with Gasteiger partial charge in [0.1, 0.15) is 0 Å². The first-order chi connectivity index (χ1) is 6.51. The number of nitrogens with zero attached hydrogens (tertiary/aromatic N) is 2. The maximum absolute atomic E-state index is 4.33. The van der Waals surface area contributed by atoms with Gasteiger partial charge in [0.2, 0.25) is 0 Å². The minimum Gasteiger partial charge on any atom is -0.303 e. The van der Waals surface area contributed by atoms with Crippen molar-refractivity contribution < 1.29 is 0 Å². The maximum atomic E-state index is 4.33. The highest BCUT2D eigenvalue weighted by atomic mass is 15.4. The van der Waals surface area contributed by atoms with E-state index in [9.17, 15) is 0 Å². The summed E-state index contributed by atoms with van der Waals surface area (Å²) >= 11 is 0. The van der Waals surface area contributed by atoms with Gasteiger partial charge in [-0.3, -0.25) is 0 Å². The van der Waals surface area contributed by atoms with Gasteiger partial charge in [0, 0.05) is 14.1 Å². The predicted octanol–water partition coefficient (Wildman–Crippen LogP) is 2.53. The molecule has 0 radical (unpaired) electrons. The van der Waals surface area contributed by atoms with E-state index in [0.29, 0.717) is 5.41 Å². The minimum atomic E-state index is 0.516. The van der Waals surface area contributed by atoms with Gasteiger partial charge in [0.05, 0.1) is 6.21 Å². The molecule has 1 saturated carbocycles. The van der Waals surface area contributed by atoms with Crippen molar-refractivity contribution in [3.05, 3.63) is 11.6 Å². The highest BCUT2D eigenvalue weighted by Gasteiger charge is 2.50. The predicted molar refractivity (Wildman–Crippen MR) is 60.3 cm³/mol. The van der Waals surface area contributed by atoms with Gasteiger partial charge >= 0.3 is 0 Å². The Morgan fingerprint density at radius 2 is 2.21 bits per heavy atom. The lowest BCUT2D eigenvalue weighted by Gasteiger charge is -2.55. The highest BCUT2D eigenvalue weighted by Crippen LogP contribution is 2.58. The Labute approximate surface area is 86.7 Å². The van der Waals surface area contributed by atoms with Gasteiger partial charge in [-0.1, -0.05) is 19.9 Å². The molecule has 2 atom stereocenters. The first-order valence-electron chi connectivity index (χ1n) is 5.43. The Bertz CT molecular complexity index is 287. The molecule has 0 aliphatic heterocycles. The third kappa shape index (κ3) is 1.37. The van der Waals surface area contributed by atoms with E-state index in [1.54, 1.807) is 0 Å². The van der Waals surface area contributed by atoms with Crippen LogP contribution in [0.3, 0.4) is 0 Å². The normalized spacial score (nSPS) is 33.9. The van der Waals surface area contributed by atoms with Crippen LogP contribution in [0.15, 0.2) is 16.8 Å². The average molecular weight is 192 g/mol. The number of rotatable bonds is 2. The van der Waals surface area contributed by atoms with E-state index in [1.807, 2.05) is 25.3 Å². The zero-order valence-electron chi connectivity index (χ0n) is 9.62. The second-order valence-electron chi connectivity index (χ2n) is 5.34. The van der Waals surface area contributed by atoms with Crippen molar-refractivity contribution >= 4 is 6.21 Å². The fourth-order valence-electron chi connectivity index (χ4n) is 2.73. The molecule has 0 N–H and O–H groups in total. The lowest BCUT2D eigenvalue weighted by Crippen LogP contribution is -2.48. The molecule has 0 spiro atoms. The van der Waals surface area contributed by atoms with Gasteiger partial charge in [0.25, 0.3) is 0 Å². The SMILES string of the molecule is CN(C)/N=C/C1=CC[C@H]2C[C@@H]1C2(C)C. The summed E-state index contributed by atoms with van der Waals surface area (Å²) < 4.78 is 0. The molecule has 78 valence electrons. The number of fused-ring (bicyclic) bond motifs is 1. The van der Waals surface area contributed by atoms with Crippen LogP contribution in [0.5, 0.6) is 0 Å². The van der Waals surface area contributed by atoms with Gasteiger partial charge in [-0.25, -0.2) is 0 Å². The summed E-state index contributed by atoms with van der Waals surface area (Å²) in [4.78, 5) is 0. The molecule has 3 aliphatic rings. The Hall–Kier alpha value is -0.790. The van der Waals surface area contributed by atoms with Crippen LogP contribution in [0.2, 0.25) is 0 Å². The van der Waals surface area contributed by atoms with Gasteiger partial charge in [0.15, 0.2) is 0 Å². The molecule has 0 aromatic carbocycles. The molecule has 0 amide bonds. The van der Waals surface area contributed by atoms with E-state index in [-0.39, 0.29) is 0 Å². The van der Waals surface area contributed by atoms with Crippen LogP contribution < -0.4 is 0 Å². The van der Waals surface area contributed by atoms with Crippen molar-refractivity contribution in [2.45, 2.75) is 26.7 Å². The summed E-state index contributed by atoms with van der Waals surface area (Å²) in [5, 5.41) is 6.19. The monoisotopic (exact) mass is 192 g/mol. The summed E-state index contributed by atoms with van der Waals surface area (Å²) in [5.41, 5.74) is 1.97. The Kier molecular flexibility index (Phi) is 2.17. The molecule has 3 rings (SSSR count). The van der Waals surface area contributed by atoms with Crippen LogP contribution in [0, 0.1) is 17.3 Å². The summed E-state index contributed by atoms with van der Waals surface area (Å²) in [6, 6.07) is 0. The third-order valence-electron chi connectivity index (χ3n) is 3.95. The second-order valence-corrected chi connectivity index (χ2v) is 5.34. The van der Waals surface area contributed by atoms with Crippen molar-refractivity contribution in [2.75, 3.05) is 14.1 Å². The van der Waals surface area contributed by atoms with Crippen molar-refractivity contribution in [3.63, 3.8) is 0 Å². The average Bonchev–Trinajstić information content (AvgIpc) is 2.14. The largest absolute Gasteiger partial charge is 0.303 e. The zero-order valence-corrected chi connectivity index (χ0v) is 9.62. The van der Waals surface area contributed by atoms with Gasteiger partial charge < -0.3 is 5.01 Å². The Balaban J connectivity index is 2.11. The first-order valence-corrected chi connectivity index (χ1v) is 5.43. The standard InChI is InChI=1S/C12H20N2/c1-12(2)10-6-5-9(11(12)7-10)8-13-14(3)4/h5,8,10-11H,6-7H2,1-4H3/b13-8+/t10-,11-/m0/s1. The molecule has 0 heterocycles. The maximum Gasteiger partial charge on any atom is 0.0502 e. The van der Waals surface area contributed by atoms with Crippen molar-refractivity contribution in [3.8, 4) is 0 Å². The highest BCUT2D eigenvalue weighted by molar-refractivity contribution is 5.80. The van der Waals surface area contributed by atoms with Crippen LogP contribution in [0.25, 0.3) is 0 Å². The molecule has 0 aromatic heterocycles. The van der Waals surface area contributed by atoms with E-state index in [0.717, 1.165) is 11.8 Å². The molecule has 0 unspecified atom stereocenters. The molecule has 0 aromatic rings. The molecular weight excluding hydrogens is 172 g/mol. The molecule has 2 nitrogen and oxygen atoms in total. The molecule has 14 heavy (non-hydrogen) atoms. The van der Waals surface area contributed by atoms with Crippen LogP contribution >= 0.6 is 0 Å². The van der Waals surface area contributed by atoms with Crippen LogP contribution in [-0.2, 0) is 0 Å². The van der Waals surface area contributed by atoms with E-state index in [2.05, 4.69) is 25.0 Å². The van der Waals surface area contributed by atoms with Crippen LogP contribution in [-0.4, -0.2) is 25.3 Å². The first kappa shape index (κ1) is 9.75. The molecule has 1 fully saturated rings. The van der Waals surface area contributed by atoms with E-state index in [4.69, 9.17) is 0 Å². The Morgan fingerprint density at radius 3 is 2.71 bits per heavy atom. The Morgan fingerprint density at radius 1 is 1.50 bits per heavy atom. The summed E-state index contributed by atoms with van der Waals surface area (Å²) in [6.45, 7) is 4.78. The van der Waals surface area contributed by atoms with Crippen LogP contribution in [0.4, 0.5) is 0 Å². The van der Waals surface area contributed by atoms with Crippen LogP contribution in [0.1, 0.15) is 26.7 Å².